The Kier molecular flexibility index (Phi) is 15.8. The van der Waals surface area contributed by atoms with Gasteiger partial charge in [-0.05, 0) is 83.9 Å². The molecule has 1 unspecified atom stereocenters. The first-order valence-electron chi connectivity index (χ1n) is 14.4. The fourth-order valence-corrected chi connectivity index (χ4v) is 4.76. The molecule has 3 aromatic carbocycles. The Morgan fingerprint density at radius 2 is 1.69 bits per heavy atom. The molecule has 0 bridgehead atoms. The lowest BCUT2D eigenvalue weighted by atomic mass is 9.93. The first-order chi connectivity index (χ1) is 20.4. The van der Waals surface area contributed by atoms with E-state index < -0.39 is 17.9 Å². The van der Waals surface area contributed by atoms with Gasteiger partial charge in [-0.2, -0.15) is 11.8 Å². The van der Waals surface area contributed by atoms with E-state index in [1.807, 2.05) is 76.4 Å². The number of thioether (sulfide) groups is 1. The minimum atomic E-state index is -1.03. The summed E-state index contributed by atoms with van der Waals surface area (Å²) in [6, 6.07) is 18.7. The van der Waals surface area contributed by atoms with Crippen molar-refractivity contribution in [3.05, 3.63) is 88.5 Å². The average Bonchev–Trinajstić information content (AvgIpc) is 3.48. The minimum Gasteiger partial charge on any atom is -0.493 e. The van der Waals surface area contributed by atoms with E-state index >= 15 is 0 Å². The van der Waals surface area contributed by atoms with Gasteiger partial charge in [0.1, 0.15) is 11.8 Å². The van der Waals surface area contributed by atoms with Crippen LogP contribution in [0.2, 0.25) is 0 Å². The van der Waals surface area contributed by atoms with Crippen molar-refractivity contribution in [2.24, 2.45) is 0 Å². The van der Waals surface area contributed by atoms with Gasteiger partial charge in [0, 0.05) is 25.7 Å². The highest BCUT2D eigenvalue weighted by atomic mass is 32.2. The number of carboxylic acid groups (broad SMARTS) is 1. The monoisotopic (exact) mass is 595 g/mol. The molecule has 228 valence electrons. The molecule has 7 nitrogen and oxygen atoms in total. The Hall–Kier alpha value is -3.33. The summed E-state index contributed by atoms with van der Waals surface area (Å²) in [4.78, 5) is 24.9. The van der Waals surface area contributed by atoms with Crippen molar-refractivity contribution in [3.8, 4) is 16.9 Å². The second kappa shape index (κ2) is 19.0. The molecule has 8 heteroatoms. The number of ether oxygens (including phenoxy) is 3. The molecular formula is C34H45NO6S. The zero-order chi connectivity index (χ0) is 30.9. The van der Waals surface area contributed by atoms with Gasteiger partial charge in [-0.25, -0.2) is 4.79 Å². The molecule has 2 N–H and O–H groups in total. The summed E-state index contributed by atoms with van der Waals surface area (Å²) in [6.07, 6.45) is 3.22. The Bertz CT molecular complexity index is 1280. The van der Waals surface area contributed by atoms with Crippen LogP contribution in [0.4, 0.5) is 0 Å². The first kappa shape index (κ1) is 34.9. The second-order valence-electron chi connectivity index (χ2n) is 9.45. The molecule has 0 radical (unpaired) electrons. The van der Waals surface area contributed by atoms with Gasteiger partial charge in [0.2, 0.25) is 0 Å². The highest BCUT2D eigenvalue weighted by Crippen LogP contribution is 2.29. The van der Waals surface area contributed by atoms with Crippen LogP contribution in [0, 0.1) is 6.92 Å². The summed E-state index contributed by atoms with van der Waals surface area (Å²) >= 11 is 1.55. The predicted octanol–water partition coefficient (Wildman–Crippen LogP) is 6.93. The number of amides is 1. The van der Waals surface area contributed by atoms with Gasteiger partial charge in [-0.15, -0.1) is 0 Å². The Morgan fingerprint density at radius 1 is 1.02 bits per heavy atom. The van der Waals surface area contributed by atoms with Gasteiger partial charge < -0.3 is 24.6 Å². The third-order valence-electron chi connectivity index (χ3n) is 6.56. The standard InChI is InChI=1S/C29H31NO5S.C3H8O.C2H6/c1-19-5-3-4-6-23(19)25-15-20(17-34-18-21-7-9-22-11-13-35-27(22)16-21)8-10-24(25)28(31)30-26(29(32)33)12-14-36-2;1-3-4-2;1-2/h3-10,15-16,26H,11-14,17-18H2,1-2H3,(H,30,31)(H,32,33);3H2,1-2H3;1-2H3. The molecule has 0 aromatic heterocycles. The number of hydrogen-bond acceptors (Lipinski definition) is 6. The SMILES string of the molecule is CC.CCOC.CSCCC(NC(=O)c1ccc(COCc2ccc3c(c2)OCC3)cc1-c1ccccc1C)C(=O)O. The van der Waals surface area contributed by atoms with Gasteiger partial charge in [-0.1, -0.05) is 56.3 Å². The number of nitrogens with one attached hydrogen (secondary N) is 1. The van der Waals surface area contributed by atoms with Crippen molar-refractivity contribution in [1.29, 1.82) is 0 Å². The van der Waals surface area contributed by atoms with Crippen LogP contribution in [0.25, 0.3) is 11.1 Å². The Morgan fingerprint density at radius 3 is 2.33 bits per heavy atom. The second-order valence-corrected chi connectivity index (χ2v) is 10.4. The third kappa shape index (κ3) is 10.5. The van der Waals surface area contributed by atoms with E-state index in [1.165, 1.54) is 5.56 Å². The van der Waals surface area contributed by atoms with Crippen LogP contribution in [-0.4, -0.2) is 55.4 Å². The van der Waals surface area contributed by atoms with E-state index in [4.69, 9.17) is 9.47 Å². The molecule has 0 spiro atoms. The normalized spacial score (nSPS) is 12.0. The number of carboxylic acids is 1. The van der Waals surface area contributed by atoms with Gasteiger partial charge in [0.25, 0.3) is 5.91 Å². The Labute approximate surface area is 255 Å². The predicted molar refractivity (Wildman–Crippen MR) is 172 cm³/mol. The molecule has 0 saturated heterocycles. The molecule has 4 rings (SSSR count). The number of aryl methyl sites for hydroxylation is 1. The van der Waals surface area contributed by atoms with Crippen molar-refractivity contribution < 1.29 is 28.9 Å². The van der Waals surface area contributed by atoms with E-state index in [0.717, 1.165) is 53.2 Å². The lowest BCUT2D eigenvalue weighted by Gasteiger charge is -2.18. The molecule has 0 aliphatic carbocycles. The number of carbonyl (C=O) groups is 2. The molecule has 1 amide bonds. The molecular weight excluding hydrogens is 550 g/mol. The molecule has 0 saturated carbocycles. The zero-order valence-corrected chi connectivity index (χ0v) is 26.5. The number of hydrogen-bond donors (Lipinski definition) is 2. The van der Waals surface area contributed by atoms with E-state index in [2.05, 4.69) is 22.2 Å². The van der Waals surface area contributed by atoms with Gasteiger partial charge in [-0.3, -0.25) is 4.79 Å². The van der Waals surface area contributed by atoms with Crippen LogP contribution >= 0.6 is 11.8 Å². The molecule has 1 aliphatic rings. The molecule has 42 heavy (non-hydrogen) atoms. The fraction of sp³-hybridized carbons (Fsp3) is 0.412. The first-order valence-corrected chi connectivity index (χ1v) is 15.8. The van der Waals surface area contributed by atoms with E-state index in [0.29, 0.717) is 31.0 Å². The van der Waals surface area contributed by atoms with Crippen LogP contribution in [0.5, 0.6) is 5.75 Å². The highest BCUT2D eigenvalue weighted by molar-refractivity contribution is 7.98. The van der Waals surface area contributed by atoms with Crippen LogP contribution < -0.4 is 10.1 Å². The minimum absolute atomic E-state index is 0.363. The number of aliphatic carboxylic acids is 1. The van der Waals surface area contributed by atoms with Crippen LogP contribution in [0.1, 0.15) is 59.8 Å². The van der Waals surface area contributed by atoms with Crippen molar-refractivity contribution in [3.63, 3.8) is 0 Å². The molecule has 1 aliphatic heterocycles. The number of benzene rings is 3. The van der Waals surface area contributed by atoms with Crippen LogP contribution in [-0.2, 0) is 33.9 Å². The fourth-order valence-electron chi connectivity index (χ4n) is 4.29. The van der Waals surface area contributed by atoms with E-state index in [1.54, 1.807) is 24.9 Å². The summed E-state index contributed by atoms with van der Waals surface area (Å²) in [5, 5.41) is 12.3. The maximum absolute atomic E-state index is 13.2. The maximum atomic E-state index is 13.2. The van der Waals surface area contributed by atoms with E-state index in [9.17, 15) is 14.7 Å². The number of carbonyl (C=O) groups excluding carboxylic acids is 1. The smallest absolute Gasteiger partial charge is 0.326 e. The molecule has 3 aromatic rings. The lowest BCUT2D eigenvalue weighted by Crippen LogP contribution is -2.41. The van der Waals surface area contributed by atoms with Crippen molar-refractivity contribution in [2.75, 3.05) is 32.3 Å². The van der Waals surface area contributed by atoms with Crippen molar-refractivity contribution >= 4 is 23.6 Å². The number of methoxy groups -OCH3 is 1. The van der Waals surface area contributed by atoms with Gasteiger partial charge >= 0.3 is 5.97 Å². The average molecular weight is 596 g/mol. The van der Waals surface area contributed by atoms with Gasteiger partial charge in [0.05, 0.1) is 19.8 Å². The summed E-state index contributed by atoms with van der Waals surface area (Å²) < 4.78 is 16.2. The summed E-state index contributed by atoms with van der Waals surface area (Å²) in [5.74, 6) is 0.156. The highest BCUT2D eigenvalue weighted by Gasteiger charge is 2.23. The van der Waals surface area contributed by atoms with E-state index in [-0.39, 0.29) is 0 Å². The summed E-state index contributed by atoms with van der Waals surface area (Å²) in [5.41, 5.74) is 6.37. The number of fused-ring (bicyclic) bond motifs is 1. The zero-order valence-electron chi connectivity index (χ0n) is 25.7. The molecule has 1 atom stereocenters. The summed E-state index contributed by atoms with van der Waals surface area (Å²) in [6.45, 7) is 10.3. The molecule has 0 fully saturated rings. The maximum Gasteiger partial charge on any atom is 0.326 e. The third-order valence-corrected chi connectivity index (χ3v) is 7.21. The van der Waals surface area contributed by atoms with Crippen LogP contribution in [0.3, 0.4) is 0 Å². The van der Waals surface area contributed by atoms with Crippen LogP contribution in [0.15, 0.2) is 60.7 Å². The lowest BCUT2D eigenvalue weighted by molar-refractivity contribution is -0.139. The molecule has 1 heterocycles. The quantitative estimate of drug-likeness (QED) is 0.235. The summed E-state index contributed by atoms with van der Waals surface area (Å²) in [7, 11) is 1.68. The van der Waals surface area contributed by atoms with Crippen molar-refractivity contribution in [1.82, 2.24) is 5.32 Å². The largest absolute Gasteiger partial charge is 0.493 e. The van der Waals surface area contributed by atoms with Gasteiger partial charge in [0.15, 0.2) is 0 Å². The Balaban J connectivity index is 0.000000947. The number of rotatable bonds is 12. The topological polar surface area (TPSA) is 94.1 Å². The van der Waals surface area contributed by atoms with Crippen molar-refractivity contribution in [2.45, 2.75) is 59.8 Å².